The maximum atomic E-state index is 12.4. The van der Waals surface area contributed by atoms with Gasteiger partial charge in [-0.3, -0.25) is 4.79 Å². The molecule has 0 spiro atoms. The molecule has 0 aliphatic carbocycles. The van der Waals surface area contributed by atoms with E-state index >= 15 is 0 Å². The first-order valence-corrected chi connectivity index (χ1v) is 7.67. The van der Waals surface area contributed by atoms with Crippen LogP contribution in [0.1, 0.15) is 5.56 Å². The summed E-state index contributed by atoms with van der Waals surface area (Å²) in [5.41, 5.74) is 1.64. The lowest BCUT2D eigenvalue weighted by molar-refractivity contribution is -0.118. The Kier molecular flexibility index (Phi) is 3.92. The normalized spacial score (nSPS) is 18.0. The number of hydrogen-bond donors (Lipinski definition) is 1. The van der Waals surface area contributed by atoms with Crippen molar-refractivity contribution in [2.45, 2.75) is 12.5 Å². The minimum absolute atomic E-state index is 0.204. The Bertz CT molecular complexity index is 688. The second-order valence-corrected chi connectivity index (χ2v) is 6.09. The van der Waals surface area contributed by atoms with Crippen molar-refractivity contribution >= 4 is 40.2 Å². The zero-order chi connectivity index (χ0) is 14.8. The number of rotatable bonds is 3. The van der Waals surface area contributed by atoms with Gasteiger partial charge in [-0.2, -0.15) is 0 Å². The molecular formula is C16H13IN2O2. The average molecular weight is 392 g/mol. The van der Waals surface area contributed by atoms with Crippen LogP contribution in [0.25, 0.3) is 0 Å². The van der Waals surface area contributed by atoms with Crippen molar-refractivity contribution in [1.82, 2.24) is 5.32 Å². The number of benzene rings is 2. The third-order valence-electron chi connectivity index (χ3n) is 3.36. The molecule has 2 aromatic rings. The van der Waals surface area contributed by atoms with Gasteiger partial charge in [0, 0.05) is 9.99 Å². The van der Waals surface area contributed by atoms with Gasteiger partial charge in [-0.1, -0.05) is 30.3 Å². The summed E-state index contributed by atoms with van der Waals surface area (Å²) < 4.78 is 1.11. The summed E-state index contributed by atoms with van der Waals surface area (Å²) in [4.78, 5) is 25.7. The number of nitrogens with one attached hydrogen (secondary N) is 1. The van der Waals surface area contributed by atoms with E-state index in [9.17, 15) is 9.59 Å². The summed E-state index contributed by atoms with van der Waals surface area (Å²) in [5.74, 6) is -0.204. The van der Waals surface area contributed by atoms with Gasteiger partial charge in [-0.25, -0.2) is 9.69 Å². The van der Waals surface area contributed by atoms with E-state index in [0.717, 1.165) is 9.13 Å². The summed E-state index contributed by atoms with van der Waals surface area (Å²) in [5, 5.41) is 2.76. The zero-order valence-electron chi connectivity index (χ0n) is 11.1. The molecule has 2 aromatic carbocycles. The summed E-state index contributed by atoms with van der Waals surface area (Å²) in [6.45, 7) is 0. The van der Waals surface area contributed by atoms with Crippen molar-refractivity contribution in [3.05, 3.63) is 63.7 Å². The van der Waals surface area contributed by atoms with Crippen LogP contribution < -0.4 is 10.2 Å². The molecule has 0 saturated carbocycles. The van der Waals surface area contributed by atoms with E-state index in [4.69, 9.17) is 0 Å². The summed E-state index contributed by atoms with van der Waals surface area (Å²) >= 11 is 2.23. The van der Waals surface area contributed by atoms with Crippen molar-refractivity contribution in [3.8, 4) is 0 Å². The number of para-hydroxylation sites is 1. The fourth-order valence-electron chi connectivity index (χ4n) is 2.39. The van der Waals surface area contributed by atoms with Gasteiger partial charge in [-0.05, 0) is 52.4 Å². The Labute approximate surface area is 136 Å². The van der Waals surface area contributed by atoms with Gasteiger partial charge in [0.15, 0.2) is 0 Å². The third kappa shape index (κ3) is 2.92. The van der Waals surface area contributed by atoms with Crippen LogP contribution in [0, 0.1) is 3.57 Å². The first-order chi connectivity index (χ1) is 10.1. The van der Waals surface area contributed by atoms with Gasteiger partial charge in [0.1, 0.15) is 6.04 Å². The standard InChI is InChI=1S/C16H13IN2O2/c17-12-6-4-5-11(9-12)10-14-15(20)19(16(21)18-14)13-7-2-1-3-8-13/h1-9,14H,10H2,(H,18,21)/t14-/m1/s1. The van der Waals surface area contributed by atoms with Gasteiger partial charge in [-0.15, -0.1) is 0 Å². The minimum atomic E-state index is -0.504. The Morgan fingerprint density at radius 3 is 2.52 bits per heavy atom. The summed E-state index contributed by atoms with van der Waals surface area (Å²) in [6, 6.07) is 16.0. The number of carbonyl (C=O) groups is 2. The molecule has 1 fully saturated rings. The number of imide groups is 1. The van der Waals surface area contributed by atoms with E-state index in [1.807, 2.05) is 42.5 Å². The van der Waals surface area contributed by atoms with Gasteiger partial charge in [0.25, 0.3) is 5.91 Å². The van der Waals surface area contributed by atoms with Crippen LogP contribution in [0.5, 0.6) is 0 Å². The summed E-state index contributed by atoms with van der Waals surface area (Å²) in [6.07, 6.45) is 0.505. The average Bonchev–Trinajstić information content (AvgIpc) is 2.74. The van der Waals surface area contributed by atoms with Crippen LogP contribution in [-0.2, 0) is 11.2 Å². The monoisotopic (exact) mass is 392 g/mol. The number of urea groups is 1. The van der Waals surface area contributed by atoms with Crippen molar-refractivity contribution in [2.24, 2.45) is 0 Å². The van der Waals surface area contributed by atoms with Crippen LogP contribution in [-0.4, -0.2) is 18.0 Å². The molecule has 1 aliphatic rings. The van der Waals surface area contributed by atoms with E-state index < -0.39 is 6.04 Å². The maximum Gasteiger partial charge on any atom is 0.329 e. The van der Waals surface area contributed by atoms with E-state index in [1.54, 1.807) is 12.1 Å². The number of amides is 3. The first kappa shape index (κ1) is 14.1. The smallest absolute Gasteiger partial charge is 0.325 e. The number of nitrogens with zero attached hydrogens (tertiary/aromatic N) is 1. The zero-order valence-corrected chi connectivity index (χ0v) is 13.3. The highest BCUT2D eigenvalue weighted by Crippen LogP contribution is 2.21. The lowest BCUT2D eigenvalue weighted by Crippen LogP contribution is -2.32. The molecule has 0 aromatic heterocycles. The lowest BCUT2D eigenvalue weighted by Gasteiger charge is -2.12. The van der Waals surface area contributed by atoms with E-state index in [2.05, 4.69) is 27.9 Å². The van der Waals surface area contributed by atoms with Gasteiger partial charge < -0.3 is 5.32 Å². The highest BCUT2D eigenvalue weighted by Gasteiger charge is 2.38. The van der Waals surface area contributed by atoms with Crippen molar-refractivity contribution < 1.29 is 9.59 Å². The Morgan fingerprint density at radius 1 is 1.05 bits per heavy atom. The van der Waals surface area contributed by atoms with Gasteiger partial charge >= 0.3 is 6.03 Å². The molecule has 21 heavy (non-hydrogen) atoms. The van der Waals surface area contributed by atoms with Gasteiger partial charge in [0.2, 0.25) is 0 Å². The molecule has 5 heteroatoms. The van der Waals surface area contributed by atoms with Crippen LogP contribution in [0.2, 0.25) is 0 Å². The van der Waals surface area contributed by atoms with E-state index in [0.29, 0.717) is 12.1 Å². The molecule has 0 radical (unpaired) electrons. The second-order valence-electron chi connectivity index (χ2n) is 4.85. The Morgan fingerprint density at radius 2 is 1.81 bits per heavy atom. The fraction of sp³-hybridized carbons (Fsp3) is 0.125. The molecule has 1 heterocycles. The quantitative estimate of drug-likeness (QED) is 0.645. The SMILES string of the molecule is O=C1N[C@H](Cc2cccc(I)c2)C(=O)N1c1ccccc1. The largest absolute Gasteiger partial charge is 0.329 e. The predicted octanol–water partition coefficient (Wildman–Crippen LogP) is 2.96. The fourth-order valence-corrected chi connectivity index (χ4v) is 3.00. The van der Waals surface area contributed by atoms with Crippen molar-refractivity contribution in [1.29, 1.82) is 0 Å². The van der Waals surface area contributed by atoms with Crippen LogP contribution in [0.3, 0.4) is 0 Å². The maximum absolute atomic E-state index is 12.4. The molecule has 1 aliphatic heterocycles. The highest BCUT2D eigenvalue weighted by atomic mass is 127. The lowest BCUT2D eigenvalue weighted by atomic mass is 10.1. The molecule has 4 nitrogen and oxygen atoms in total. The highest BCUT2D eigenvalue weighted by molar-refractivity contribution is 14.1. The molecule has 106 valence electrons. The van der Waals surface area contributed by atoms with Crippen molar-refractivity contribution in [3.63, 3.8) is 0 Å². The van der Waals surface area contributed by atoms with Crippen LogP contribution >= 0.6 is 22.6 Å². The first-order valence-electron chi connectivity index (χ1n) is 6.59. The van der Waals surface area contributed by atoms with E-state index in [1.165, 1.54) is 4.90 Å². The minimum Gasteiger partial charge on any atom is -0.325 e. The molecule has 0 unspecified atom stereocenters. The van der Waals surface area contributed by atoms with Crippen LogP contribution in [0.4, 0.5) is 10.5 Å². The Balaban J connectivity index is 1.81. The molecule has 1 N–H and O–H groups in total. The molecule has 1 saturated heterocycles. The van der Waals surface area contributed by atoms with E-state index in [-0.39, 0.29) is 11.9 Å². The third-order valence-corrected chi connectivity index (χ3v) is 4.03. The number of hydrogen-bond acceptors (Lipinski definition) is 2. The van der Waals surface area contributed by atoms with Crippen molar-refractivity contribution in [2.75, 3.05) is 4.90 Å². The van der Waals surface area contributed by atoms with Crippen LogP contribution in [0.15, 0.2) is 54.6 Å². The predicted molar refractivity (Wildman–Crippen MR) is 89.1 cm³/mol. The van der Waals surface area contributed by atoms with Gasteiger partial charge in [0.05, 0.1) is 5.69 Å². The number of halogens is 1. The molecule has 3 rings (SSSR count). The Hall–Kier alpha value is -1.89. The summed E-state index contributed by atoms with van der Waals surface area (Å²) in [7, 11) is 0. The molecular weight excluding hydrogens is 379 g/mol. The molecule has 1 atom stereocenters. The molecule has 0 bridgehead atoms. The number of carbonyl (C=O) groups excluding carboxylic acids is 2. The number of anilines is 1. The second kappa shape index (κ2) is 5.85. The molecule has 3 amide bonds. The topological polar surface area (TPSA) is 49.4 Å².